The van der Waals surface area contributed by atoms with Gasteiger partial charge < -0.3 is 23.7 Å². The zero-order valence-corrected chi connectivity index (χ0v) is 8.90. The van der Waals surface area contributed by atoms with E-state index in [2.05, 4.69) is 0 Å². The number of carbonyl (C=O) groups is 1. The molecular weight excluding hydrogens is 188 g/mol. The Balaban J connectivity index is 2.86. The number of ether oxygens (including phenoxy) is 4. The van der Waals surface area contributed by atoms with E-state index in [1.54, 1.807) is 13.8 Å². The Labute approximate surface area is 83.3 Å². The van der Waals surface area contributed by atoms with Crippen molar-refractivity contribution in [2.45, 2.75) is 31.5 Å². The average Bonchev–Trinajstić information content (AvgIpc) is 2.22. The van der Waals surface area contributed by atoms with Gasteiger partial charge in [-0.3, -0.25) is 0 Å². The van der Waals surface area contributed by atoms with Crippen molar-refractivity contribution in [3.63, 3.8) is 0 Å². The largest absolute Gasteiger partial charge is 0.349 e. The van der Waals surface area contributed by atoms with Gasteiger partial charge in [0.15, 0.2) is 6.29 Å². The summed E-state index contributed by atoms with van der Waals surface area (Å²) in [4.78, 5) is 10.6. The molecule has 0 amide bonds. The van der Waals surface area contributed by atoms with Crippen molar-refractivity contribution in [3.05, 3.63) is 0 Å². The monoisotopic (exact) mass is 204 g/mol. The van der Waals surface area contributed by atoms with Gasteiger partial charge >= 0.3 is 0 Å². The number of aldehydes is 1. The molecular formula is C9H16O5. The van der Waals surface area contributed by atoms with E-state index in [1.165, 1.54) is 14.2 Å². The third-order valence-corrected chi connectivity index (χ3v) is 2.66. The summed E-state index contributed by atoms with van der Waals surface area (Å²) in [5.41, 5.74) is 0. The molecule has 14 heavy (non-hydrogen) atoms. The highest BCUT2D eigenvalue weighted by atomic mass is 16.8. The van der Waals surface area contributed by atoms with Crippen LogP contribution in [0, 0.1) is 0 Å². The van der Waals surface area contributed by atoms with E-state index >= 15 is 0 Å². The lowest BCUT2D eigenvalue weighted by atomic mass is 10.1. The third-order valence-electron chi connectivity index (χ3n) is 2.66. The smallest absolute Gasteiger partial charge is 0.220 e. The first-order valence-electron chi connectivity index (χ1n) is 4.38. The van der Waals surface area contributed by atoms with Crippen LogP contribution in [0.3, 0.4) is 0 Å². The highest BCUT2D eigenvalue weighted by Crippen LogP contribution is 2.35. The van der Waals surface area contributed by atoms with E-state index in [1.807, 2.05) is 0 Å². The zero-order chi connectivity index (χ0) is 10.8. The molecule has 0 spiro atoms. The van der Waals surface area contributed by atoms with Crippen molar-refractivity contribution in [1.29, 1.82) is 0 Å². The quantitative estimate of drug-likeness (QED) is 0.620. The lowest BCUT2D eigenvalue weighted by molar-refractivity contribution is -0.424. The van der Waals surface area contributed by atoms with E-state index in [4.69, 9.17) is 18.9 Å². The van der Waals surface area contributed by atoms with Crippen LogP contribution in [0.25, 0.3) is 0 Å². The molecule has 0 aromatic carbocycles. The molecule has 0 aromatic heterocycles. The number of methoxy groups -OCH3 is 2. The van der Waals surface area contributed by atoms with Gasteiger partial charge in [0.1, 0.15) is 6.10 Å². The molecule has 1 heterocycles. The summed E-state index contributed by atoms with van der Waals surface area (Å²) in [6.07, 6.45) is 0.0788. The molecule has 5 nitrogen and oxygen atoms in total. The first-order chi connectivity index (χ1) is 6.51. The van der Waals surface area contributed by atoms with Crippen LogP contribution in [-0.2, 0) is 23.7 Å². The molecule has 0 radical (unpaired) electrons. The molecule has 0 saturated carbocycles. The maximum atomic E-state index is 10.6. The molecule has 0 N–H and O–H groups in total. The lowest BCUT2D eigenvalue weighted by Crippen LogP contribution is -2.62. The molecule has 0 aromatic rings. The van der Waals surface area contributed by atoms with Crippen molar-refractivity contribution in [2.75, 3.05) is 20.8 Å². The minimum Gasteiger partial charge on any atom is -0.349 e. The van der Waals surface area contributed by atoms with Gasteiger partial charge in [0.25, 0.3) is 0 Å². The summed E-state index contributed by atoms with van der Waals surface area (Å²) >= 11 is 0. The zero-order valence-electron chi connectivity index (χ0n) is 8.90. The number of hydrogen-bond acceptors (Lipinski definition) is 5. The highest BCUT2D eigenvalue weighted by Gasteiger charge is 2.53. The topological polar surface area (TPSA) is 54.0 Å². The fraction of sp³-hybridized carbons (Fsp3) is 0.889. The fourth-order valence-electron chi connectivity index (χ4n) is 1.35. The summed E-state index contributed by atoms with van der Waals surface area (Å²) in [5, 5.41) is 0. The van der Waals surface area contributed by atoms with Gasteiger partial charge in [0, 0.05) is 14.2 Å². The molecule has 82 valence electrons. The second-order valence-electron chi connectivity index (χ2n) is 3.40. The van der Waals surface area contributed by atoms with Gasteiger partial charge in [-0.15, -0.1) is 0 Å². The molecule has 1 unspecified atom stereocenters. The maximum Gasteiger partial charge on any atom is 0.220 e. The van der Waals surface area contributed by atoms with Gasteiger partial charge in [0.2, 0.25) is 11.6 Å². The number of rotatable bonds is 3. The van der Waals surface area contributed by atoms with E-state index in [-0.39, 0.29) is 6.61 Å². The second-order valence-corrected chi connectivity index (χ2v) is 3.40. The Hall–Kier alpha value is -0.490. The molecule has 1 aliphatic heterocycles. The molecule has 0 bridgehead atoms. The van der Waals surface area contributed by atoms with Crippen LogP contribution in [0.5, 0.6) is 0 Å². The predicted molar refractivity (Wildman–Crippen MR) is 47.7 cm³/mol. The van der Waals surface area contributed by atoms with E-state index in [0.717, 1.165) is 0 Å². The van der Waals surface area contributed by atoms with Crippen LogP contribution in [0.15, 0.2) is 0 Å². The third kappa shape index (κ3) is 1.68. The highest BCUT2D eigenvalue weighted by molar-refractivity contribution is 5.56. The Kier molecular flexibility index (Phi) is 3.26. The number of hydrogen-bond donors (Lipinski definition) is 0. The summed E-state index contributed by atoms with van der Waals surface area (Å²) in [7, 11) is 2.98. The number of carbonyl (C=O) groups excluding carboxylic acids is 1. The minimum atomic E-state index is -1.08. The van der Waals surface area contributed by atoms with Gasteiger partial charge in [-0.2, -0.15) is 0 Å². The minimum absolute atomic E-state index is 0.173. The Morgan fingerprint density at radius 1 is 1.29 bits per heavy atom. The van der Waals surface area contributed by atoms with Gasteiger partial charge in [0.05, 0.1) is 6.61 Å². The molecule has 1 saturated heterocycles. The maximum absolute atomic E-state index is 10.6. The first-order valence-corrected chi connectivity index (χ1v) is 4.38. The van der Waals surface area contributed by atoms with Crippen molar-refractivity contribution in [1.82, 2.24) is 0 Å². The summed E-state index contributed by atoms with van der Waals surface area (Å²) in [5.74, 6) is -2.08. The van der Waals surface area contributed by atoms with Crippen LogP contribution >= 0.6 is 0 Å². The average molecular weight is 204 g/mol. The van der Waals surface area contributed by atoms with Crippen LogP contribution in [0.4, 0.5) is 0 Å². The summed E-state index contributed by atoms with van der Waals surface area (Å²) < 4.78 is 21.2. The van der Waals surface area contributed by atoms with Crippen LogP contribution in [0.1, 0.15) is 13.8 Å². The fourth-order valence-corrected chi connectivity index (χ4v) is 1.35. The van der Waals surface area contributed by atoms with Crippen LogP contribution in [0.2, 0.25) is 0 Å². The molecule has 0 aliphatic carbocycles. The van der Waals surface area contributed by atoms with E-state index in [9.17, 15) is 4.79 Å². The van der Waals surface area contributed by atoms with Gasteiger partial charge in [-0.05, 0) is 13.8 Å². The molecule has 1 rings (SSSR count). The van der Waals surface area contributed by atoms with Crippen molar-refractivity contribution >= 4 is 6.29 Å². The van der Waals surface area contributed by atoms with Gasteiger partial charge in [-0.1, -0.05) is 0 Å². The second kappa shape index (κ2) is 3.94. The predicted octanol–water partition coefficient (Wildman–Crippen LogP) is 0.326. The lowest BCUT2D eigenvalue weighted by Gasteiger charge is -2.47. The first kappa shape index (κ1) is 11.6. The summed E-state index contributed by atoms with van der Waals surface area (Å²) in [6.45, 7) is 3.55. The molecule has 1 aliphatic rings. The van der Waals surface area contributed by atoms with Crippen molar-refractivity contribution in [3.8, 4) is 0 Å². The Morgan fingerprint density at radius 3 is 2.29 bits per heavy atom. The molecule has 5 heteroatoms. The van der Waals surface area contributed by atoms with Crippen molar-refractivity contribution in [2.24, 2.45) is 0 Å². The van der Waals surface area contributed by atoms with Crippen LogP contribution < -0.4 is 0 Å². The Morgan fingerprint density at radius 2 is 1.86 bits per heavy atom. The van der Waals surface area contributed by atoms with E-state index in [0.29, 0.717) is 6.29 Å². The van der Waals surface area contributed by atoms with Gasteiger partial charge in [-0.25, -0.2) is 0 Å². The molecule has 1 fully saturated rings. The SMILES string of the molecule is COC1(C)O[C@H](C=O)CO[C@]1(C)OC. The summed E-state index contributed by atoms with van der Waals surface area (Å²) in [6, 6.07) is 0. The van der Waals surface area contributed by atoms with E-state index < -0.39 is 17.7 Å². The van der Waals surface area contributed by atoms with Crippen LogP contribution in [-0.4, -0.2) is 44.8 Å². The standard InChI is InChI=1S/C9H16O5/c1-8(11-3)9(2,12-4)14-7(5-10)6-13-8/h5,7H,6H2,1-4H3/t7-,8+,9?/m1/s1. The Bertz CT molecular complexity index is 219. The molecule has 3 atom stereocenters. The van der Waals surface area contributed by atoms with Crippen molar-refractivity contribution < 1.29 is 23.7 Å². The normalized spacial score (nSPS) is 43.6.